The molecule has 0 aliphatic carbocycles. The molecular weight excluding hydrogens is 350 g/mol. The molecule has 0 saturated heterocycles. The molecule has 8 heteroatoms. The average molecular weight is 368 g/mol. The summed E-state index contributed by atoms with van der Waals surface area (Å²) in [7, 11) is -3.82. The van der Waals surface area contributed by atoms with Crippen LogP contribution in [0.4, 0.5) is 14.5 Å². The largest absolute Gasteiger partial charge is 0.311 e. The predicted octanol–water partition coefficient (Wildman–Crippen LogP) is 2.60. The first-order valence-electron chi connectivity index (χ1n) is 7.50. The smallest absolute Gasteiger partial charge is 0.240 e. The third kappa shape index (κ3) is 4.83. The molecule has 25 heavy (non-hydrogen) atoms. The van der Waals surface area contributed by atoms with E-state index < -0.39 is 21.7 Å². The number of anilines is 1. The van der Waals surface area contributed by atoms with Gasteiger partial charge in [0.2, 0.25) is 15.9 Å². The Morgan fingerprint density at radius 2 is 1.76 bits per heavy atom. The van der Waals surface area contributed by atoms with Gasteiger partial charge >= 0.3 is 0 Å². The summed E-state index contributed by atoms with van der Waals surface area (Å²) in [6.45, 7) is 2.83. The zero-order valence-corrected chi connectivity index (χ0v) is 14.6. The van der Waals surface area contributed by atoms with Crippen LogP contribution < -0.4 is 9.62 Å². The number of halogens is 2. The van der Waals surface area contributed by atoms with Crippen LogP contribution in [0.1, 0.15) is 12.5 Å². The lowest BCUT2D eigenvalue weighted by Gasteiger charge is -2.21. The van der Waals surface area contributed by atoms with Gasteiger partial charge in [0.15, 0.2) is 0 Å². The first kappa shape index (κ1) is 19.0. The number of amides is 1. The van der Waals surface area contributed by atoms with Gasteiger partial charge in [-0.15, -0.1) is 0 Å². The number of benzene rings is 2. The molecule has 0 radical (unpaired) electrons. The Balaban J connectivity index is 2.07. The second-order valence-electron chi connectivity index (χ2n) is 5.46. The van der Waals surface area contributed by atoms with E-state index in [0.717, 1.165) is 6.07 Å². The van der Waals surface area contributed by atoms with Crippen molar-refractivity contribution in [3.63, 3.8) is 0 Å². The van der Waals surface area contributed by atoms with E-state index in [1.54, 1.807) is 0 Å². The molecule has 0 fully saturated rings. The Hall–Kier alpha value is -2.32. The molecule has 0 aliphatic heterocycles. The van der Waals surface area contributed by atoms with E-state index >= 15 is 0 Å². The van der Waals surface area contributed by atoms with Crippen LogP contribution in [0.3, 0.4) is 0 Å². The summed E-state index contributed by atoms with van der Waals surface area (Å²) >= 11 is 0. The van der Waals surface area contributed by atoms with E-state index in [1.807, 2.05) is 0 Å². The number of nitrogens with one attached hydrogen (secondary N) is 1. The third-order valence-corrected chi connectivity index (χ3v) is 5.04. The molecule has 0 aliphatic rings. The lowest BCUT2D eigenvalue weighted by atomic mass is 10.2. The highest BCUT2D eigenvalue weighted by atomic mass is 32.2. The second kappa shape index (κ2) is 7.71. The normalized spacial score (nSPS) is 11.4. The Morgan fingerprint density at radius 3 is 2.32 bits per heavy atom. The highest BCUT2D eigenvalue weighted by Crippen LogP contribution is 2.16. The van der Waals surface area contributed by atoms with Crippen molar-refractivity contribution in [3.05, 3.63) is 59.7 Å². The highest BCUT2D eigenvalue weighted by molar-refractivity contribution is 7.89. The van der Waals surface area contributed by atoms with Gasteiger partial charge in [-0.05, 0) is 55.0 Å². The number of sulfonamides is 1. The number of rotatable bonds is 6. The van der Waals surface area contributed by atoms with Gasteiger partial charge in [0.1, 0.15) is 11.6 Å². The van der Waals surface area contributed by atoms with E-state index in [0.29, 0.717) is 5.69 Å². The van der Waals surface area contributed by atoms with Crippen molar-refractivity contribution in [2.24, 2.45) is 0 Å². The lowest BCUT2D eigenvalue weighted by molar-refractivity contribution is -0.116. The van der Waals surface area contributed by atoms with Crippen LogP contribution in [0.2, 0.25) is 0 Å². The van der Waals surface area contributed by atoms with E-state index in [2.05, 4.69) is 4.72 Å². The molecule has 1 amide bonds. The van der Waals surface area contributed by atoms with Crippen molar-refractivity contribution < 1.29 is 22.0 Å². The van der Waals surface area contributed by atoms with Crippen molar-refractivity contribution in [3.8, 4) is 0 Å². The number of hydrogen-bond donors (Lipinski definition) is 1. The summed E-state index contributed by atoms with van der Waals surface area (Å²) in [6, 6.07) is 8.81. The summed E-state index contributed by atoms with van der Waals surface area (Å²) in [4.78, 5) is 13.0. The van der Waals surface area contributed by atoms with Crippen molar-refractivity contribution in [2.45, 2.75) is 18.7 Å². The number of carbonyl (C=O) groups excluding carboxylic acids is 1. The molecule has 0 unspecified atom stereocenters. The predicted molar refractivity (Wildman–Crippen MR) is 90.8 cm³/mol. The molecule has 2 aromatic rings. The van der Waals surface area contributed by atoms with Gasteiger partial charge in [0.25, 0.3) is 0 Å². The van der Waals surface area contributed by atoms with E-state index in [9.17, 15) is 22.0 Å². The van der Waals surface area contributed by atoms with Gasteiger partial charge in [-0.25, -0.2) is 21.9 Å². The van der Waals surface area contributed by atoms with Gasteiger partial charge < -0.3 is 4.90 Å². The van der Waals surface area contributed by atoms with Crippen LogP contribution in [0.5, 0.6) is 0 Å². The maximum atomic E-state index is 13.3. The topological polar surface area (TPSA) is 66.5 Å². The second-order valence-corrected chi connectivity index (χ2v) is 7.22. The lowest BCUT2D eigenvalue weighted by Crippen LogP contribution is -2.37. The van der Waals surface area contributed by atoms with Gasteiger partial charge in [-0.3, -0.25) is 4.79 Å². The minimum atomic E-state index is -3.82. The summed E-state index contributed by atoms with van der Waals surface area (Å²) in [5.41, 5.74) is 0.685. The van der Waals surface area contributed by atoms with E-state index in [4.69, 9.17) is 0 Å². The molecule has 1 N–H and O–H groups in total. The molecule has 0 saturated carbocycles. The highest BCUT2D eigenvalue weighted by Gasteiger charge is 2.17. The Kier molecular flexibility index (Phi) is 5.86. The molecule has 134 valence electrons. The fourth-order valence-corrected chi connectivity index (χ4v) is 3.35. The maximum absolute atomic E-state index is 13.3. The van der Waals surface area contributed by atoms with Gasteiger partial charge in [-0.2, -0.15) is 0 Å². The van der Waals surface area contributed by atoms with Gasteiger partial charge in [-0.1, -0.05) is 0 Å². The number of hydrogen-bond acceptors (Lipinski definition) is 3. The van der Waals surface area contributed by atoms with E-state index in [1.165, 1.54) is 55.1 Å². The zero-order valence-electron chi connectivity index (χ0n) is 13.8. The Bertz CT molecular complexity index is 868. The van der Waals surface area contributed by atoms with Gasteiger partial charge in [0.05, 0.1) is 4.90 Å². The summed E-state index contributed by atoms with van der Waals surface area (Å²) in [6.07, 6.45) is 0. The van der Waals surface area contributed by atoms with Crippen LogP contribution in [0.25, 0.3) is 0 Å². The van der Waals surface area contributed by atoms with Crippen molar-refractivity contribution in [2.75, 3.05) is 18.0 Å². The average Bonchev–Trinajstić information content (AvgIpc) is 2.55. The van der Waals surface area contributed by atoms with Crippen LogP contribution >= 0.6 is 0 Å². The SMILES string of the molecule is CC(=O)N(CCNS(=O)(=O)c1ccc(F)c(C)c1)c1ccc(F)cc1. The fourth-order valence-electron chi connectivity index (χ4n) is 2.25. The molecule has 2 aromatic carbocycles. The molecule has 2 rings (SSSR count). The fraction of sp³-hybridized carbons (Fsp3) is 0.235. The number of carbonyl (C=O) groups is 1. The quantitative estimate of drug-likeness (QED) is 0.852. The Labute approximate surface area is 145 Å². The van der Waals surface area contributed by atoms with E-state index in [-0.39, 0.29) is 29.5 Å². The summed E-state index contributed by atoms with van der Waals surface area (Å²) in [5, 5.41) is 0. The van der Waals surface area contributed by atoms with Crippen LogP contribution in [0.15, 0.2) is 47.4 Å². The van der Waals surface area contributed by atoms with Crippen LogP contribution in [-0.2, 0) is 14.8 Å². The molecule has 5 nitrogen and oxygen atoms in total. The van der Waals surface area contributed by atoms with Gasteiger partial charge in [0, 0.05) is 25.7 Å². The van der Waals surface area contributed by atoms with Crippen LogP contribution in [-0.4, -0.2) is 27.4 Å². The number of aryl methyl sites for hydroxylation is 1. The first-order chi connectivity index (χ1) is 11.7. The Morgan fingerprint density at radius 1 is 1.12 bits per heavy atom. The standard InChI is InChI=1S/C17H18F2N2O3S/c1-12-11-16(7-8-17(12)19)25(23,24)20-9-10-21(13(2)22)15-5-3-14(18)4-6-15/h3-8,11,20H,9-10H2,1-2H3. The number of nitrogens with zero attached hydrogens (tertiary/aromatic N) is 1. The molecule has 0 aromatic heterocycles. The van der Waals surface area contributed by atoms with Crippen molar-refractivity contribution in [1.29, 1.82) is 0 Å². The van der Waals surface area contributed by atoms with Crippen LogP contribution in [0, 0.1) is 18.6 Å². The minimum absolute atomic E-state index is 0.0459. The molecule has 0 heterocycles. The molecule has 0 bridgehead atoms. The monoisotopic (exact) mass is 368 g/mol. The summed E-state index contributed by atoms with van der Waals surface area (Å²) < 4.78 is 53.1. The minimum Gasteiger partial charge on any atom is -0.311 e. The summed E-state index contributed by atoms with van der Waals surface area (Å²) in [5.74, 6) is -1.22. The maximum Gasteiger partial charge on any atom is 0.240 e. The zero-order chi connectivity index (χ0) is 18.6. The first-order valence-corrected chi connectivity index (χ1v) is 8.98. The molecule has 0 spiro atoms. The third-order valence-electron chi connectivity index (χ3n) is 3.59. The molecule has 0 atom stereocenters. The molecular formula is C17H18F2N2O3S. The van der Waals surface area contributed by atoms with Crippen molar-refractivity contribution >= 4 is 21.6 Å². The van der Waals surface area contributed by atoms with Crippen molar-refractivity contribution in [1.82, 2.24) is 4.72 Å².